The second kappa shape index (κ2) is 2.31. The van der Waals surface area contributed by atoms with Gasteiger partial charge in [-0.25, -0.2) is 0 Å². The molecule has 0 aromatic rings. The van der Waals surface area contributed by atoms with E-state index in [4.69, 9.17) is 0 Å². The minimum Gasteiger partial charge on any atom is -0.850 e. The predicted molar refractivity (Wildman–Crippen MR) is 26.3 cm³/mol. The summed E-state index contributed by atoms with van der Waals surface area (Å²) < 4.78 is 0. The van der Waals surface area contributed by atoms with E-state index in [9.17, 15) is 5.11 Å². The summed E-state index contributed by atoms with van der Waals surface area (Å²) in [5, 5.41) is 10.5. The molecule has 0 aromatic carbocycles. The van der Waals surface area contributed by atoms with E-state index in [-0.39, 0.29) is 0 Å². The lowest BCUT2D eigenvalue weighted by atomic mass is 9.98. The molecule has 1 radical (unpaired) electrons. The van der Waals surface area contributed by atoms with E-state index in [0.717, 1.165) is 25.7 Å². The van der Waals surface area contributed by atoms with E-state index in [1.54, 1.807) is 0 Å². The summed E-state index contributed by atoms with van der Waals surface area (Å²) in [4.78, 5) is 0. The van der Waals surface area contributed by atoms with Crippen molar-refractivity contribution < 1.29 is 5.11 Å². The molecule has 0 spiro atoms. The van der Waals surface area contributed by atoms with Crippen molar-refractivity contribution in [2.45, 2.75) is 32.1 Å². The van der Waals surface area contributed by atoms with Crippen LogP contribution in [0.1, 0.15) is 32.1 Å². The van der Waals surface area contributed by atoms with Gasteiger partial charge in [-0.3, -0.25) is 0 Å². The van der Waals surface area contributed by atoms with Gasteiger partial charge in [0.2, 0.25) is 0 Å². The largest absolute Gasteiger partial charge is 0.850 e. The molecule has 0 atom stereocenters. The Hall–Kier alpha value is -0.0400. The normalized spacial score (nSPS) is 25.3. The molecular weight excluding hydrogens is 88.1 g/mol. The van der Waals surface area contributed by atoms with Crippen LogP contribution in [0.4, 0.5) is 0 Å². The summed E-state index contributed by atoms with van der Waals surface area (Å²) in [6.45, 7) is 0. The van der Waals surface area contributed by atoms with Crippen molar-refractivity contribution in [3.05, 3.63) is 6.10 Å². The third-order valence-corrected chi connectivity index (χ3v) is 1.41. The lowest BCUT2D eigenvalue weighted by Crippen LogP contribution is -2.17. The van der Waals surface area contributed by atoms with Crippen LogP contribution < -0.4 is 5.11 Å². The summed E-state index contributed by atoms with van der Waals surface area (Å²) in [5.41, 5.74) is 0. The monoisotopic (exact) mass is 98.1 g/mol. The molecule has 1 fully saturated rings. The first-order valence-corrected chi connectivity index (χ1v) is 2.91. The molecule has 1 rings (SSSR count). The van der Waals surface area contributed by atoms with Crippen LogP contribution in [0.2, 0.25) is 0 Å². The Morgan fingerprint density at radius 3 is 1.86 bits per heavy atom. The number of hydrogen-bond donors (Lipinski definition) is 0. The first-order chi connectivity index (χ1) is 3.39. The maximum absolute atomic E-state index is 10.5. The van der Waals surface area contributed by atoms with Gasteiger partial charge in [-0.05, 0) is 0 Å². The van der Waals surface area contributed by atoms with Crippen LogP contribution in [0.15, 0.2) is 0 Å². The molecule has 0 amide bonds. The summed E-state index contributed by atoms with van der Waals surface area (Å²) in [7, 11) is 0. The standard InChI is InChI=1S/C6H10O/c7-6-4-2-1-3-5-6/h1-5H2/q-1. The summed E-state index contributed by atoms with van der Waals surface area (Å²) in [5.74, 6) is 0. The predicted octanol–water partition coefficient (Wildman–Crippen LogP) is 0.843. The van der Waals surface area contributed by atoms with E-state index in [1.807, 2.05) is 0 Å². The molecule has 0 aliphatic heterocycles. The van der Waals surface area contributed by atoms with E-state index in [1.165, 1.54) is 6.42 Å². The molecule has 7 heavy (non-hydrogen) atoms. The highest BCUT2D eigenvalue weighted by atomic mass is 16.3. The van der Waals surface area contributed by atoms with Crippen LogP contribution in [0, 0.1) is 6.10 Å². The zero-order chi connectivity index (χ0) is 5.11. The van der Waals surface area contributed by atoms with Gasteiger partial charge in [-0.15, -0.1) is 6.10 Å². The van der Waals surface area contributed by atoms with Crippen LogP contribution in [-0.4, -0.2) is 0 Å². The fourth-order valence-corrected chi connectivity index (χ4v) is 0.946. The molecule has 0 aromatic heterocycles. The molecule has 1 heteroatoms. The summed E-state index contributed by atoms with van der Waals surface area (Å²) in [6, 6.07) is 0. The average Bonchev–Trinajstić information content (AvgIpc) is 1.69. The Bertz CT molecular complexity index is 46.1. The van der Waals surface area contributed by atoms with Crippen molar-refractivity contribution in [2.24, 2.45) is 0 Å². The zero-order valence-corrected chi connectivity index (χ0v) is 4.44. The van der Waals surface area contributed by atoms with Gasteiger partial charge in [0.1, 0.15) is 0 Å². The molecule has 1 aliphatic carbocycles. The van der Waals surface area contributed by atoms with Gasteiger partial charge in [0, 0.05) is 0 Å². The topological polar surface area (TPSA) is 23.1 Å². The first kappa shape index (κ1) is 5.10. The third-order valence-electron chi connectivity index (χ3n) is 1.41. The van der Waals surface area contributed by atoms with Crippen molar-refractivity contribution in [3.8, 4) is 0 Å². The molecule has 0 unspecified atom stereocenters. The molecule has 1 nitrogen and oxygen atoms in total. The minimum atomic E-state index is 0.464. The molecule has 0 bridgehead atoms. The van der Waals surface area contributed by atoms with E-state index in [0.29, 0.717) is 6.10 Å². The van der Waals surface area contributed by atoms with Gasteiger partial charge in [0.05, 0.1) is 0 Å². The van der Waals surface area contributed by atoms with Crippen LogP contribution in [0.25, 0.3) is 0 Å². The van der Waals surface area contributed by atoms with Crippen molar-refractivity contribution >= 4 is 0 Å². The van der Waals surface area contributed by atoms with Crippen molar-refractivity contribution in [2.75, 3.05) is 0 Å². The second-order valence-electron chi connectivity index (χ2n) is 2.10. The van der Waals surface area contributed by atoms with Gasteiger partial charge in [0.25, 0.3) is 0 Å². The van der Waals surface area contributed by atoms with Crippen LogP contribution in [-0.2, 0) is 0 Å². The van der Waals surface area contributed by atoms with Gasteiger partial charge in [-0.1, -0.05) is 32.1 Å². The highest BCUT2D eigenvalue weighted by molar-refractivity contribution is 4.76. The first-order valence-electron chi connectivity index (χ1n) is 2.91. The quantitative estimate of drug-likeness (QED) is 0.440. The average molecular weight is 98.1 g/mol. The molecule has 1 saturated carbocycles. The Balaban J connectivity index is 2.12. The smallest absolute Gasteiger partial charge is 0.0534 e. The van der Waals surface area contributed by atoms with Crippen LogP contribution in [0.5, 0.6) is 0 Å². The third kappa shape index (κ3) is 1.48. The van der Waals surface area contributed by atoms with Crippen LogP contribution in [0.3, 0.4) is 0 Å². The van der Waals surface area contributed by atoms with Crippen molar-refractivity contribution in [3.63, 3.8) is 0 Å². The Labute approximate surface area is 44.4 Å². The van der Waals surface area contributed by atoms with E-state index in [2.05, 4.69) is 0 Å². The fourth-order valence-electron chi connectivity index (χ4n) is 0.946. The zero-order valence-electron chi connectivity index (χ0n) is 4.44. The SMILES string of the molecule is [O-][C]1CCCCC1. The maximum atomic E-state index is 10.5. The molecule has 41 valence electrons. The molecule has 1 aliphatic rings. The van der Waals surface area contributed by atoms with Gasteiger partial charge in [-0.2, -0.15) is 0 Å². The highest BCUT2D eigenvalue weighted by Crippen LogP contribution is 2.19. The van der Waals surface area contributed by atoms with Crippen molar-refractivity contribution in [1.82, 2.24) is 0 Å². The minimum absolute atomic E-state index is 0.464. The number of hydrogen-bond acceptors (Lipinski definition) is 1. The van der Waals surface area contributed by atoms with Crippen LogP contribution >= 0.6 is 0 Å². The van der Waals surface area contributed by atoms with Gasteiger partial charge < -0.3 is 5.11 Å². The summed E-state index contributed by atoms with van der Waals surface area (Å²) in [6.07, 6.45) is 5.70. The Morgan fingerprint density at radius 1 is 1.00 bits per heavy atom. The highest BCUT2D eigenvalue weighted by Gasteiger charge is 2.00. The molecule has 0 N–H and O–H groups in total. The van der Waals surface area contributed by atoms with Gasteiger partial charge in [0.15, 0.2) is 0 Å². The maximum Gasteiger partial charge on any atom is -0.0534 e. The lowest BCUT2D eigenvalue weighted by Gasteiger charge is -2.25. The van der Waals surface area contributed by atoms with E-state index < -0.39 is 0 Å². The van der Waals surface area contributed by atoms with Gasteiger partial charge >= 0.3 is 0 Å². The molecular formula is C6H10O-. The number of rotatable bonds is 0. The van der Waals surface area contributed by atoms with Crippen molar-refractivity contribution in [1.29, 1.82) is 0 Å². The second-order valence-corrected chi connectivity index (χ2v) is 2.10. The summed E-state index contributed by atoms with van der Waals surface area (Å²) >= 11 is 0. The lowest BCUT2D eigenvalue weighted by molar-refractivity contribution is -0.360. The Kier molecular flexibility index (Phi) is 1.69. The fraction of sp³-hybridized carbons (Fsp3) is 0.833. The molecule has 0 heterocycles. The Morgan fingerprint density at radius 2 is 1.57 bits per heavy atom. The molecule has 0 saturated heterocycles. The van der Waals surface area contributed by atoms with E-state index >= 15 is 0 Å².